The molecule has 18 heavy (non-hydrogen) atoms. The van der Waals surface area contributed by atoms with Gasteiger partial charge in [0.1, 0.15) is 5.60 Å². The first-order chi connectivity index (χ1) is 8.43. The van der Waals surface area contributed by atoms with Crippen LogP contribution in [0.2, 0.25) is 0 Å². The quantitative estimate of drug-likeness (QED) is 0.841. The van der Waals surface area contributed by atoms with Crippen LogP contribution >= 0.6 is 0 Å². The summed E-state index contributed by atoms with van der Waals surface area (Å²) in [7, 11) is 1.37. The lowest BCUT2D eigenvalue weighted by atomic mass is 9.76. The van der Waals surface area contributed by atoms with Gasteiger partial charge < -0.3 is 19.3 Å². The monoisotopic (exact) mass is 266 g/mol. The van der Waals surface area contributed by atoms with Crippen molar-refractivity contribution < 1.29 is 28.1 Å². The van der Waals surface area contributed by atoms with Crippen molar-refractivity contribution in [3.05, 3.63) is 0 Å². The maximum Gasteiger partial charge on any atom is 0.278 e. The predicted octanol–water partition coefficient (Wildman–Crippen LogP) is 1.71. The minimum absolute atomic E-state index is 0.0102. The zero-order chi connectivity index (χ0) is 13.3. The third-order valence-electron chi connectivity index (χ3n) is 3.95. The van der Waals surface area contributed by atoms with E-state index >= 15 is 0 Å². The normalized spacial score (nSPS) is 26.7. The van der Waals surface area contributed by atoms with Crippen LogP contribution in [0.1, 0.15) is 32.1 Å². The van der Waals surface area contributed by atoms with Gasteiger partial charge in [-0.05, 0) is 12.8 Å². The Balaban J connectivity index is 1.97. The van der Waals surface area contributed by atoms with Crippen LogP contribution in [0.4, 0.5) is 8.78 Å². The fraction of sp³-hybridized carbons (Fsp3) is 1.00. The SMILES string of the molecule is COCCC(F)(F)C1(O)CCC2(CC1)OCCO2. The molecule has 0 aromatic rings. The Morgan fingerprint density at radius 3 is 2.22 bits per heavy atom. The van der Waals surface area contributed by atoms with Gasteiger partial charge in [0.2, 0.25) is 0 Å². The van der Waals surface area contributed by atoms with E-state index in [0.29, 0.717) is 26.1 Å². The first kappa shape index (κ1) is 14.1. The maximum atomic E-state index is 13.9. The van der Waals surface area contributed by atoms with E-state index in [1.54, 1.807) is 0 Å². The Labute approximate surface area is 105 Å². The summed E-state index contributed by atoms with van der Waals surface area (Å²) in [5.41, 5.74) is -1.97. The topological polar surface area (TPSA) is 47.9 Å². The summed E-state index contributed by atoms with van der Waals surface area (Å²) in [6, 6.07) is 0. The summed E-state index contributed by atoms with van der Waals surface area (Å²) in [6.07, 6.45) is 0.139. The lowest BCUT2D eigenvalue weighted by Gasteiger charge is -2.44. The van der Waals surface area contributed by atoms with Gasteiger partial charge in [0.25, 0.3) is 5.92 Å². The second kappa shape index (κ2) is 5.00. The summed E-state index contributed by atoms with van der Waals surface area (Å²) in [5, 5.41) is 10.2. The molecule has 2 aliphatic rings. The molecule has 1 aliphatic carbocycles. The van der Waals surface area contributed by atoms with E-state index in [9.17, 15) is 13.9 Å². The van der Waals surface area contributed by atoms with Crippen LogP contribution in [0, 0.1) is 0 Å². The number of halogens is 2. The average molecular weight is 266 g/mol. The highest BCUT2D eigenvalue weighted by atomic mass is 19.3. The molecule has 1 spiro atoms. The molecule has 0 amide bonds. The molecule has 1 N–H and O–H groups in total. The van der Waals surface area contributed by atoms with Crippen molar-refractivity contribution in [1.29, 1.82) is 0 Å². The summed E-state index contributed by atoms with van der Waals surface area (Å²) in [4.78, 5) is 0. The zero-order valence-electron chi connectivity index (χ0n) is 10.6. The number of hydrogen-bond acceptors (Lipinski definition) is 4. The summed E-state index contributed by atoms with van der Waals surface area (Å²) >= 11 is 0. The third-order valence-corrected chi connectivity index (χ3v) is 3.95. The average Bonchev–Trinajstić information content (AvgIpc) is 2.80. The molecular weight excluding hydrogens is 246 g/mol. The van der Waals surface area contributed by atoms with Gasteiger partial charge in [-0.1, -0.05) is 0 Å². The molecule has 2 rings (SSSR count). The van der Waals surface area contributed by atoms with Gasteiger partial charge in [-0.15, -0.1) is 0 Å². The number of methoxy groups -OCH3 is 1. The number of rotatable bonds is 4. The largest absolute Gasteiger partial charge is 0.384 e. The van der Waals surface area contributed by atoms with Gasteiger partial charge >= 0.3 is 0 Å². The van der Waals surface area contributed by atoms with Crippen LogP contribution in [-0.4, -0.2) is 49.3 Å². The molecule has 0 atom stereocenters. The predicted molar refractivity (Wildman–Crippen MR) is 59.5 cm³/mol. The van der Waals surface area contributed by atoms with Crippen LogP contribution < -0.4 is 0 Å². The van der Waals surface area contributed by atoms with Crippen LogP contribution in [0.3, 0.4) is 0 Å². The van der Waals surface area contributed by atoms with Crippen molar-refractivity contribution >= 4 is 0 Å². The molecule has 0 bridgehead atoms. The number of ether oxygens (including phenoxy) is 3. The van der Waals surface area contributed by atoms with Crippen LogP contribution in [0.25, 0.3) is 0 Å². The Morgan fingerprint density at radius 1 is 1.17 bits per heavy atom. The standard InChI is InChI=1S/C12H20F2O4/c1-16-7-6-12(13,14)10(15)2-4-11(5-3-10)17-8-9-18-11/h15H,2-9H2,1H3. The van der Waals surface area contributed by atoms with Crippen molar-refractivity contribution in [2.75, 3.05) is 26.9 Å². The first-order valence-corrected chi connectivity index (χ1v) is 6.30. The highest BCUT2D eigenvalue weighted by Gasteiger charge is 2.57. The van der Waals surface area contributed by atoms with Gasteiger partial charge in [0.15, 0.2) is 5.79 Å². The van der Waals surface area contributed by atoms with E-state index in [1.807, 2.05) is 0 Å². The summed E-state index contributed by atoms with van der Waals surface area (Å²) in [5.74, 6) is -3.87. The van der Waals surface area contributed by atoms with E-state index in [-0.39, 0.29) is 19.4 Å². The molecule has 2 fully saturated rings. The van der Waals surface area contributed by atoms with Gasteiger partial charge in [0, 0.05) is 26.4 Å². The second-order valence-corrected chi connectivity index (χ2v) is 5.09. The first-order valence-electron chi connectivity index (χ1n) is 6.30. The van der Waals surface area contributed by atoms with Gasteiger partial charge in [-0.2, -0.15) is 0 Å². The van der Waals surface area contributed by atoms with E-state index in [1.165, 1.54) is 7.11 Å². The van der Waals surface area contributed by atoms with E-state index in [4.69, 9.17) is 9.47 Å². The third kappa shape index (κ3) is 2.52. The van der Waals surface area contributed by atoms with Crippen LogP contribution in [0.5, 0.6) is 0 Å². The van der Waals surface area contributed by atoms with E-state index in [2.05, 4.69) is 4.74 Å². The minimum Gasteiger partial charge on any atom is -0.384 e. The lowest BCUT2D eigenvalue weighted by Crippen LogP contribution is -2.54. The van der Waals surface area contributed by atoms with Crippen molar-refractivity contribution in [1.82, 2.24) is 0 Å². The maximum absolute atomic E-state index is 13.9. The molecule has 0 aromatic heterocycles. The van der Waals surface area contributed by atoms with E-state index in [0.717, 1.165) is 0 Å². The second-order valence-electron chi connectivity index (χ2n) is 5.09. The Hall–Kier alpha value is -0.300. The lowest BCUT2D eigenvalue weighted by molar-refractivity contribution is -0.253. The van der Waals surface area contributed by atoms with Crippen molar-refractivity contribution in [2.45, 2.75) is 49.4 Å². The molecule has 0 aromatic carbocycles. The van der Waals surface area contributed by atoms with E-state index < -0.39 is 23.7 Å². The fourth-order valence-corrected chi connectivity index (χ4v) is 2.66. The fourth-order valence-electron chi connectivity index (χ4n) is 2.66. The Morgan fingerprint density at radius 2 is 1.72 bits per heavy atom. The molecule has 6 heteroatoms. The Kier molecular flexibility index (Phi) is 3.92. The van der Waals surface area contributed by atoms with Gasteiger partial charge in [-0.3, -0.25) is 0 Å². The smallest absolute Gasteiger partial charge is 0.278 e. The molecule has 106 valence electrons. The Bertz CT molecular complexity index is 280. The van der Waals surface area contributed by atoms with Gasteiger partial charge in [-0.25, -0.2) is 8.78 Å². The molecular formula is C12H20F2O4. The molecule has 4 nitrogen and oxygen atoms in total. The number of hydrogen-bond donors (Lipinski definition) is 1. The minimum atomic E-state index is -3.14. The number of aliphatic hydroxyl groups is 1. The van der Waals surface area contributed by atoms with Crippen LogP contribution in [0.15, 0.2) is 0 Å². The molecule has 0 unspecified atom stereocenters. The molecule has 1 heterocycles. The van der Waals surface area contributed by atoms with Crippen molar-refractivity contribution in [3.8, 4) is 0 Å². The summed E-state index contributed by atoms with van der Waals surface area (Å²) < 4.78 is 43.5. The molecule has 0 radical (unpaired) electrons. The van der Waals surface area contributed by atoms with Gasteiger partial charge in [0.05, 0.1) is 19.8 Å². The van der Waals surface area contributed by atoms with Crippen molar-refractivity contribution in [3.63, 3.8) is 0 Å². The molecule has 1 saturated carbocycles. The highest BCUT2D eigenvalue weighted by molar-refractivity contribution is 4.99. The zero-order valence-corrected chi connectivity index (χ0v) is 10.6. The molecule has 1 saturated heterocycles. The van der Waals surface area contributed by atoms with Crippen molar-refractivity contribution in [2.24, 2.45) is 0 Å². The number of alkyl halides is 2. The summed E-state index contributed by atoms with van der Waals surface area (Å²) in [6.45, 7) is 0.935. The van der Waals surface area contributed by atoms with Crippen LogP contribution in [-0.2, 0) is 14.2 Å². The molecule has 1 aliphatic heterocycles. The highest BCUT2D eigenvalue weighted by Crippen LogP contribution is 2.47.